The number of amides is 1. The summed E-state index contributed by atoms with van der Waals surface area (Å²) < 4.78 is 0. The van der Waals surface area contributed by atoms with Crippen LogP contribution in [0.2, 0.25) is 5.02 Å². The Kier molecular flexibility index (Phi) is 3.82. The summed E-state index contributed by atoms with van der Waals surface area (Å²) in [6.45, 7) is 0. The lowest BCUT2D eigenvalue weighted by molar-refractivity contribution is 0.102. The summed E-state index contributed by atoms with van der Waals surface area (Å²) >= 11 is 5.89. The van der Waals surface area contributed by atoms with Crippen molar-refractivity contribution in [3.8, 4) is 5.75 Å². The van der Waals surface area contributed by atoms with Crippen LogP contribution in [0.1, 0.15) is 20.7 Å². The maximum absolute atomic E-state index is 12.0. The third-order valence-corrected chi connectivity index (χ3v) is 2.80. The first-order valence-corrected chi connectivity index (χ1v) is 5.83. The fourth-order valence-corrected chi connectivity index (χ4v) is 1.78. The molecule has 0 unspecified atom stereocenters. The molecule has 4 nitrogen and oxygen atoms in total. The van der Waals surface area contributed by atoms with E-state index in [9.17, 15) is 14.7 Å². The van der Waals surface area contributed by atoms with Gasteiger partial charge in [-0.3, -0.25) is 9.59 Å². The number of phenolic OH excluding ortho intramolecular Hbond substituents is 1. The van der Waals surface area contributed by atoms with Crippen molar-refractivity contribution in [2.24, 2.45) is 0 Å². The molecule has 0 heterocycles. The molecule has 19 heavy (non-hydrogen) atoms. The van der Waals surface area contributed by atoms with Gasteiger partial charge in [0.25, 0.3) is 5.91 Å². The molecule has 2 aromatic rings. The number of carbonyl (C=O) groups is 2. The first kappa shape index (κ1) is 13.1. The number of hydrogen-bond donors (Lipinski definition) is 2. The van der Waals surface area contributed by atoms with Gasteiger partial charge in [-0.15, -0.1) is 0 Å². The van der Waals surface area contributed by atoms with Crippen molar-refractivity contribution in [2.75, 3.05) is 5.32 Å². The lowest BCUT2D eigenvalue weighted by Gasteiger charge is -2.07. The van der Waals surface area contributed by atoms with Gasteiger partial charge in [-0.1, -0.05) is 23.7 Å². The van der Waals surface area contributed by atoms with Crippen LogP contribution in [0, 0.1) is 0 Å². The van der Waals surface area contributed by atoms with Crippen molar-refractivity contribution in [3.05, 3.63) is 58.6 Å². The Labute approximate surface area is 114 Å². The third-order valence-electron chi connectivity index (χ3n) is 2.48. The highest BCUT2D eigenvalue weighted by Gasteiger charge is 2.11. The summed E-state index contributed by atoms with van der Waals surface area (Å²) in [6.07, 6.45) is 0.691. The summed E-state index contributed by atoms with van der Waals surface area (Å²) in [7, 11) is 0. The zero-order chi connectivity index (χ0) is 13.8. The molecule has 0 aliphatic rings. The van der Waals surface area contributed by atoms with Crippen molar-refractivity contribution in [3.63, 3.8) is 0 Å². The Bertz CT molecular complexity index is 640. The topological polar surface area (TPSA) is 66.4 Å². The molecular weight excluding hydrogens is 266 g/mol. The molecule has 96 valence electrons. The second-order valence-electron chi connectivity index (χ2n) is 3.86. The average molecular weight is 276 g/mol. The predicted octanol–water partition coefficient (Wildman–Crippen LogP) is 3.11. The van der Waals surface area contributed by atoms with Crippen LogP contribution < -0.4 is 5.32 Å². The molecular formula is C14H10ClNO3. The number of rotatable bonds is 3. The van der Waals surface area contributed by atoms with E-state index >= 15 is 0 Å². The van der Waals surface area contributed by atoms with Crippen molar-refractivity contribution >= 4 is 29.5 Å². The molecule has 2 N–H and O–H groups in total. The zero-order valence-corrected chi connectivity index (χ0v) is 10.5. The summed E-state index contributed by atoms with van der Waals surface area (Å²) in [5.74, 6) is -0.500. The summed E-state index contributed by atoms with van der Waals surface area (Å²) in [5.41, 5.74) is 1.10. The van der Waals surface area contributed by atoms with Crippen molar-refractivity contribution in [2.45, 2.75) is 0 Å². The summed E-state index contributed by atoms with van der Waals surface area (Å²) in [6, 6.07) is 10.6. The van der Waals surface area contributed by atoms with E-state index in [1.807, 2.05) is 0 Å². The standard InChI is InChI=1S/C14H10ClNO3/c15-13-5-4-11(18)7-12(13)14(19)16-10-3-1-2-9(6-10)8-17/h1-8,18H,(H,16,19). The van der Waals surface area contributed by atoms with E-state index in [1.165, 1.54) is 18.2 Å². The fourth-order valence-electron chi connectivity index (χ4n) is 1.58. The number of aldehydes is 1. The Balaban J connectivity index is 2.25. The number of halogens is 1. The van der Waals surface area contributed by atoms with Crippen LogP contribution in [0.5, 0.6) is 5.75 Å². The Morgan fingerprint density at radius 3 is 2.74 bits per heavy atom. The maximum atomic E-state index is 12.0. The van der Waals surface area contributed by atoms with E-state index in [4.69, 9.17) is 11.6 Å². The van der Waals surface area contributed by atoms with Crippen LogP contribution in [-0.4, -0.2) is 17.3 Å². The van der Waals surface area contributed by atoms with E-state index in [1.54, 1.807) is 24.3 Å². The van der Waals surface area contributed by atoms with Gasteiger partial charge in [0.2, 0.25) is 0 Å². The van der Waals surface area contributed by atoms with Crippen LogP contribution in [0.25, 0.3) is 0 Å². The fraction of sp³-hybridized carbons (Fsp3) is 0. The number of benzene rings is 2. The molecule has 0 bridgehead atoms. The summed E-state index contributed by atoms with van der Waals surface area (Å²) in [4.78, 5) is 22.6. The van der Waals surface area contributed by atoms with E-state index < -0.39 is 5.91 Å². The minimum absolute atomic E-state index is 0.0452. The molecule has 0 spiro atoms. The highest BCUT2D eigenvalue weighted by molar-refractivity contribution is 6.34. The molecule has 0 fully saturated rings. The molecule has 2 aromatic carbocycles. The van der Waals surface area contributed by atoms with Gasteiger partial charge in [-0.05, 0) is 30.3 Å². The Hall–Kier alpha value is -2.33. The van der Waals surface area contributed by atoms with Gasteiger partial charge < -0.3 is 10.4 Å². The quantitative estimate of drug-likeness (QED) is 0.846. The van der Waals surface area contributed by atoms with Crippen LogP contribution in [0.4, 0.5) is 5.69 Å². The van der Waals surface area contributed by atoms with Gasteiger partial charge >= 0.3 is 0 Å². The Morgan fingerprint density at radius 2 is 2.00 bits per heavy atom. The number of anilines is 1. The van der Waals surface area contributed by atoms with Crippen molar-refractivity contribution in [1.29, 1.82) is 0 Å². The second-order valence-corrected chi connectivity index (χ2v) is 4.27. The van der Waals surface area contributed by atoms with Crippen molar-refractivity contribution in [1.82, 2.24) is 0 Å². The number of aromatic hydroxyl groups is 1. The first-order chi connectivity index (χ1) is 9.10. The molecule has 0 saturated carbocycles. The molecule has 0 aliphatic heterocycles. The van der Waals surface area contributed by atoms with Gasteiger partial charge in [0.15, 0.2) is 0 Å². The van der Waals surface area contributed by atoms with Gasteiger partial charge in [-0.2, -0.15) is 0 Å². The van der Waals surface area contributed by atoms with Gasteiger partial charge in [0.1, 0.15) is 12.0 Å². The molecule has 0 atom stereocenters. The first-order valence-electron chi connectivity index (χ1n) is 5.45. The SMILES string of the molecule is O=Cc1cccc(NC(=O)c2cc(O)ccc2Cl)c1. The van der Waals surface area contributed by atoms with Gasteiger partial charge in [-0.25, -0.2) is 0 Å². The largest absolute Gasteiger partial charge is 0.508 e. The number of hydrogen-bond acceptors (Lipinski definition) is 3. The van der Waals surface area contributed by atoms with Crippen molar-refractivity contribution < 1.29 is 14.7 Å². The molecule has 0 aliphatic carbocycles. The predicted molar refractivity (Wildman–Crippen MR) is 72.9 cm³/mol. The Morgan fingerprint density at radius 1 is 1.21 bits per heavy atom. The summed E-state index contributed by atoms with van der Waals surface area (Å²) in [5, 5.41) is 12.2. The van der Waals surface area contributed by atoms with E-state index in [2.05, 4.69) is 5.32 Å². The highest BCUT2D eigenvalue weighted by Crippen LogP contribution is 2.22. The second kappa shape index (κ2) is 5.54. The monoisotopic (exact) mass is 275 g/mol. The average Bonchev–Trinajstić information content (AvgIpc) is 2.41. The normalized spacial score (nSPS) is 9.95. The smallest absolute Gasteiger partial charge is 0.257 e. The van der Waals surface area contributed by atoms with Crippen LogP contribution in [-0.2, 0) is 0 Å². The lowest BCUT2D eigenvalue weighted by atomic mass is 10.1. The minimum Gasteiger partial charge on any atom is -0.508 e. The maximum Gasteiger partial charge on any atom is 0.257 e. The van der Waals surface area contributed by atoms with Gasteiger partial charge in [0, 0.05) is 11.3 Å². The number of phenols is 1. The van der Waals surface area contributed by atoms with E-state index in [-0.39, 0.29) is 16.3 Å². The number of carbonyl (C=O) groups excluding carboxylic acids is 2. The number of nitrogens with one attached hydrogen (secondary N) is 1. The molecule has 0 aromatic heterocycles. The van der Waals surface area contributed by atoms with Gasteiger partial charge in [0.05, 0.1) is 10.6 Å². The molecule has 5 heteroatoms. The molecule has 2 rings (SSSR count). The molecule has 1 amide bonds. The van der Waals surface area contributed by atoms with E-state index in [0.29, 0.717) is 17.5 Å². The van der Waals surface area contributed by atoms with E-state index in [0.717, 1.165) is 0 Å². The molecule has 0 saturated heterocycles. The van der Waals surface area contributed by atoms with Crippen LogP contribution in [0.3, 0.4) is 0 Å². The lowest BCUT2D eigenvalue weighted by Crippen LogP contribution is -2.12. The third kappa shape index (κ3) is 3.11. The zero-order valence-electron chi connectivity index (χ0n) is 9.76. The highest BCUT2D eigenvalue weighted by atomic mass is 35.5. The minimum atomic E-state index is -0.455. The van der Waals surface area contributed by atoms with Crippen LogP contribution in [0.15, 0.2) is 42.5 Å². The molecule has 0 radical (unpaired) electrons. The van der Waals surface area contributed by atoms with Crippen LogP contribution >= 0.6 is 11.6 Å².